The molecule has 3 unspecified atom stereocenters. The molecular weight excluding hydrogens is 372 g/mol. The zero-order valence-electron chi connectivity index (χ0n) is 18.5. The van der Waals surface area contributed by atoms with Crippen molar-refractivity contribution < 1.29 is 19.1 Å². The van der Waals surface area contributed by atoms with Crippen LogP contribution in [0.25, 0.3) is 0 Å². The lowest BCUT2D eigenvalue weighted by atomic mass is 9.72. The Morgan fingerprint density at radius 2 is 1.93 bits per heavy atom. The maximum Gasteiger partial charge on any atom is 0.324 e. The topological polar surface area (TPSA) is 74.4 Å². The molecule has 0 radical (unpaired) electrons. The van der Waals surface area contributed by atoms with Crippen LogP contribution < -0.4 is 5.32 Å². The molecule has 1 saturated carbocycles. The van der Waals surface area contributed by atoms with Crippen LogP contribution in [-0.2, 0) is 14.3 Å². The quantitative estimate of drug-likeness (QED) is 0.713. The Labute approximate surface area is 174 Å². The zero-order chi connectivity index (χ0) is 21.0. The number of likely N-dealkylation sites (tertiary alicyclic amines) is 1. The number of imide groups is 1. The van der Waals surface area contributed by atoms with Gasteiger partial charge in [-0.1, -0.05) is 6.92 Å². The molecule has 0 bridgehead atoms. The first-order chi connectivity index (χ1) is 13.8. The second kappa shape index (κ2) is 9.73. The van der Waals surface area contributed by atoms with Crippen LogP contribution in [-0.4, -0.2) is 99.0 Å². The molecule has 3 amide bonds. The van der Waals surface area contributed by atoms with Crippen molar-refractivity contribution in [3.05, 3.63) is 0 Å². The van der Waals surface area contributed by atoms with Crippen LogP contribution in [0.2, 0.25) is 0 Å². The summed E-state index contributed by atoms with van der Waals surface area (Å²) in [7, 11) is 6.03. The minimum Gasteiger partial charge on any atom is -0.348 e. The van der Waals surface area contributed by atoms with Gasteiger partial charge in [0.1, 0.15) is 0 Å². The van der Waals surface area contributed by atoms with Crippen molar-refractivity contribution in [2.45, 2.75) is 50.9 Å². The number of ether oxygens (including phenoxy) is 2. The van der Waals surface area contributed by atoms with Crippen LogP contribution in [0.15, 0.2) is 0 Å². The lowest BCUT2D eigenvalue weighted by molar-refractivity contribution is -0.202. The fourth-order valence-electron chi connectivity index (χ4n) is 5.16. The highest BCUT2D eigenvalue weighted by molar-refractivity contribution is 5.95. The fourth-order valence-corrected chi connectivity index (χ4v) is 5.16. The van der Waals surface area contributed by atoms with E-state index in [1.165, 1.54) is 4.90 Å². The molecule has 3 aliphatic rings. The van der Waals surface area contributed by atoms with Gasteiger partial charge in [0, 0.05) is 45.1 Å². The van der Waals surface area contributed by atoms with E-state index in [0.717, 1.165) is 38.6 Å². The molecule has 0 aromatic carbocycles. The first-order valence-corrected chi connectivity index (χ1v) is 11.1. The van der Waals surface area contributed by atoms with Crippen LogP contribution in [0.1, 0.15) is 39.0 Å². The van der Waals surface area contributed by atoms with E-state index in [1.807, 2.05) is 25.9 Å². The maximum atomic E-state index is 13.3. The van der Waals surface area contributed by atoms with Gasteiger partial charge in [0.2, 0.25) is 5.91 Å². The van der Waals surface area contributed by atoms with Crippen molar-refractivity contribution in [2.24, 2.45) is 11.8 Å². The number of carbonyl (C=O) groups excluding carboxylic acids is 2. The summed E-state index contributed by atoms with van der Waals surface area (Å²) in [4.78, 5) is 31.8. The molecule has 1 N–H and O–H groups in total. The van der Waals surface area contributed by atoms with Crippen LogP contribution in [0, 0.1) is 11.8 Å². The molecule has 1 aliphatic carbocycles. The van der Waals surface area contributed by atoms with E-state index in [2.05, 4.69) is 17.3 Å². The molecule has 3 atom stereocenters. The SMILES string of the molecule is CCCN(C(=O)NCCN(C)C)C(=O)C1CC2CC3(CCC2N(C)C1)OCCO3. The number of likely N-dealkylation sites (N-methyl/N-ethyl adjacent to an activating group) is 1. The average molecular weight is 411 g/mol. The highest BCUT2D eigenvalue weighted by Gasteiger charge is 2.49. The van der Waals surface area contributed by atoms with E-state index in [9.17, 15) is 9.59 Å². The number of carbonyl (C=O) groups is 2. The van der Waals surface area contributed by atoms with Gasteiger partial charge >= 0.3 is 6.03 Å². The number of amides is 3. The van der Waals surface area contributed by atoms with Gasteiger partial charge in [-0.3, -0.25) is 9.69 Å². The van der Waals surface area contributed by atoms with Crippen molar-refractivity contribution in [1.29, 1.82) is 0 Å². The number of rotatable bonds is 6. The normalized spacial score (nSPS) is 29.1. The molecule has 0 aromatic heterocycles. The molecule has 0 aromatic rings. The van der Waals surface area contributed by atoms with Crippen molar-refractivity contribution in [1.82, 2.24) is 20.0 Å². The Morgan fingerprint density at radius 3 is 2.59 bits per heavy atom. The Kier molecular flexibility index (Phi) is 7.53. The van der Waals surface area contributed by atoms with Gasteiger partial charge in [0.25, 0.3) is 0 Å². The number of hydrogen-bond acceptors (Lipinski definition) is 6. The van der Waals surface area contributed by atoms with E-state index in [1.54, 1.807) is 0 Å². The van der Waals surface area contributed by atoms with Crippen molar-refractivity contribution in [2.75, 3.05) is 60.5 Å². The average Bonchev–Trinajstić information content (AvgIpc) is 3.12. The van der Waals surface area contributed by atoms with Gasteiger partial charge in [0.05, 0.1) is 19.1 Å². The molecule has 3 fully saturated rings. The Bertz CT molecular complexity index is 579. The van der Waals surface area contributed by atoms with E-state index in [-0.39, 0.29) is 17.9 Å². The highest BCUT2D eigenvalue weighted by atomic mass is 16.7. The number of hydrogen-bond donors (Lipinski definition) is 1. The van der Waals surface area contributed by atoms with Gasteiger partial charge in [-0.25, -0.2) is 4.79 Å². The molecule has 8 nitrogen and oxygen atoms in total. The number of nitrogens with zero attached hydrogens (tertiary/aromatic N) is 3. The second-order valence-electron chi connectivity index (χ2n) is 9.08. The van der Waals surface area contributed by atoms with Gasteiger partial charge in [-0.05, 0) is 46.3 Å². The maximum absolute atomic E-state index is 13.3. The predicted molar refractivity (Wildman–Crippen MR) is 110 cm³/mol. The summed E-state index contributed by atoms with van der Waals surface area (Å²) in [5, 5.41) is 2.90. The highest BCUT2D eigenvalue weighted by Crippen LogP contribution is 2.45. The molecule has 29 heavy (non-hydrogen) atoms. The summed E-state index contributed by atoms with van der Waals surface area (Å²) < 4.78 is 11.9. The van der Waals surface area contributed by atoms with E-state index < -0.39 is 5.79 Å². The summed E-state index contributed by atoms with van der Waals surface area (Å²) >= 11 is 0. The first kappa shape index (κ1) is 22.5. The smallest absolute Gasteiger partial charge is 0.324 e. The lowest BCUT2D eigenvalue weighted by Crippen LogP contribution is -2.57. The van der Waals surface area contributed by atoms with Gasteiger partial charge < -0.3 is 24.6 Å². The van der Waals surface area contributed by atoms with E-state index >= 15 is 0 Å². The summed E-state index contributed by atoms with van der Waals surface area (Å²) in [6.45, 7) is 5.76. The lowest BCUT2D eigenvalue weighted by Gasteiger charge is -2.49. The van der Waals surface area contributed by atoms with Gasteiger partial charge in [-0.2, -0.15) is 0 Å². The molecule has 1 spiro atoms. The Morgan fingerprint density at radius 1 is 1.21 bits per heavy atom. The van der Waals surface area contributed by atoms with Crippen molar-refractivity contribution in [3.8, 4) is 0 Å². The monoisotopic (exact) mass is 410 g/mol. The number of nitrogens with one attached hydrogen (secondary N) is 1. The molecule has 8 heteroatoms. The molecule has 3 rings (SSSR count). The number of piperidine rings is 1. The van der Waals surface area contributed by atoms with Gasteiger partial charge in [-0.15, -0.1) is 0 Å². The van der Waals surface area contributed by atoms with E-state index in [4.69, 9.17) is 9.47 Å². The first-order valence-electron chi connectivity index (χ1n) is 11.1. The molecule has 166 valence electrons. The van der Waals surface area contributed by atoms with Crippen LogP contribution >= 0.6 is 0 Å². The third-order valence-corrected chi connectivity index (χ3v) is 6.56. The third-order valence-electron chi connectivity index (χ3n) is 6.56. The number of fused-ring (bicyclic) bond motifs is 1. The summed E-state index contributed by atoms with van der Waals surface area (Å²) in [5.41, 5.74) is 0. The minimum atomic E-state index is -0.445. The van der Waals surface area contributed by atoms with E-state index in [0.29, 0.717) is 44.8 Å². The fraction of sp³-hybridized carbons (Fsp3) is 0.905. The van der Waals surface area contributed by atoms with Crippen LogP contribution in [0.4, 0.5) is 4.79 Å². The van der Waals surface area contributed by atoms with Gasteiger partial charge in [0.15, 0.2) is 5.79 Å². The Balaban J connectivity index is 1.64. The number of urea groups is 1. The molecule has 2 heterocycles. The van der Waals surface area contributed by atoms with Crippen molar-refractivity contribution >= 4 is 11.9 Å². The molecular formula is C21H38N4O4. The van der Waals surface area contributed by atoms with Crippen LogP contribution in [0.5, 0.6) is 0 Å². The predicted octanol–water partition coefficient (Wildman–Crippen LogP) is 1.36. The van der Waals surface area contributed by atoms with Crippen molar-refractivity contribution in [3.63, 3.8) is 0 Å². The minimum absolute atomic E-state index is 0.0487. The third kappa shape index (κ3) is 5.29. The summed E-state index contributed by atoms with van der Waals surface area (Å²) in [6.07, 6.45) is 4.35. The zero-order valence-corrected chi connectivity index (χ0v) is 18.5. The molecule has 2 aliphatic heterocycles. The summed E-state index contributed by atoms with van der Waals surface area (Å²) in [5.74, 6) is -0.300. The van der Waals surface area contributed by atoms with Crippen LogP contribution in [0.3, 0.4) is 0 Å². The second-order valence-corrected chi connectivity index (χ2v) is 9.08. The largest absolute Gasteiger partial charge is 0.348 e. The Hall–Kier alpha value is -1.22. The summed E-state index contributed by atoms with van der Waals surface area (Å²) in [6, 6.07) is 0.192. The standard InChI is InChI=1S/C21H38N4O4/c1-5-9-25(20(27)22-8-10-23(2)3)19(26)17-13-16-14-21(28-11-12-29-21)7-6-18(16)24(4)15-17/h16-18H,5-15H2,1-4H3,(H,22,27). The molecule has 2 saturated heterocycles.